The zero-order valence-corrected chi connectivity index (χ0v) is 15.3. The Labute approximate surface area is 152 Å². The molecular weight excluding hydrogens is 393 g/mol. The topological polar surface area (TPSA) is 86.7 Å². The van der Waals surface area contributed by atoms with Crippen molar-refractivity contribution in [2.24, 2.45) is 0 Å². The minimum atomic E-state index is -5.23. The van der Waals surface area contributed by atoms with E-state index in [-0.39, 0.29) is 10.9 Å². The molecule has 0 aliphatic rings. The van der Waals surface area contributed by atoms with Gasteiger partial charge in [0, 0.05) is 16.5 Å². The molecular formula is C16H17F3O5S2. The largest absolute Gasteiger partial charge is 0.726 e. The quantitative estimate of drug-likeness (QED) is 0.465. The second-order valence-corrected chi connectivity index (χ2v) is 8.13. The highest BCUT2D eigenvalue weighted by atomic mass is 32.3. The first-order valence-electron chi connectivity index (χ1n) is 7.09. The highest BCUT2D eigenvalue weighted by molar-refractivity contribution is 7.95. The van der Waals surface area contributed by atoms with Gasteiger partial charge in [-0.2, -0.15) is 13.2 Å². The zero-order valence-electron chi connectivity index (χ0n) is 13.6. The summed E-state index contributed by atoms with van der Waals surface area (Å²) in [6.07, 6.45) is -2.56. The first-order chi connectivity index (χ1) is 12.0. The third-order valence-electron chi connectivity index (χ3n) is 2.83. The Morgan fingerprint density at radius 3 is 2.04 bits per heavy atom. The van der Waals surface area contributed by atoms with E-state index in [1.54, 1.807) is 12.1 Å². The Morgan fingerprint density at radius 1 is 1.08 bits per heavy atom. The van der Waals surface area contributed by atoms with Gasteiger partial charge in [-0.1, -0.05) is 30.3 Å². The van der Waals surface area contributed by atoms with Crippen molar-refractivity contribution in [3.63, 3.8) is 0 Å². The van der Waals surface area contributed by atoms with Crippen LogP contribution in [-0.2, 0) is 31.2 Å². The highest BCUT2D eigenvalue weighted by Gasteiger charge is 2.28. The van der Waals surface area contributed by atoms with Gasteiger partial charge in [0.25, 0.3) is 0 Å². The van der Waals surface area contributed by atoms with Crippen LogP contribution >= 0.6 is 0 Å². The van der Waals surface area contributed by atoms with Crippen LogP contribution in [0.3, 0.4) is 0 Å². The molecule has 0 saturated carbocycles. The van der Waals surface area contributed by atoms with E-state index in [0.717, 1.165) is 5.75 Å². The fraction of sp³-hybridized carbons (Fsp3) is 0.250. The molecule has 0 radical (unpaired) electrons. The molecule has 144 valence electrons. The lowest BCUT2D eigenvalue weighted by atomic mass is 10.2. The number of rotatable bonds is 5. The molecule has 0 fully saturated rings. The lowest BCUT2D eigenvalue weighted by Gasteiger charge is -2.08. The molecule has 2 aromatic rings. The molecule has 0 amide bonds. The average molecular weight is 410 g/mol. The summed E-state index contributed by atoms with van der Waals surface area (Å²) >= 11 is 0. The van der Waals surface area contributed by atoms with Gasteiger partial charge in [-0.3, -0.25) is 4.18 Å². The summed E-state index contributed by atoms with van der Waals surface area (Å²) < 4.78 is 64.3. The molecule has 0 spiro atoms. The molecule has 10 heteroatoms. The fourth-order valence-electron chi connectivity index (χ4n) is 1.72. The van der Waals surface area contributed by atoms with Crippen molar-refractivity contribution in [2.45, 2.75) is 16.8 Å². The maximum atomic E-state index is 11.1. The first kappa shape index (κ1) is 22.3. The molecule has 0 aliphatic heterocycles. The molecule has 1 atom stereocenters. The van der Waals surface area contributed by atoms with Gasteiger partial charge < -0.3 is 9.66 Å². The molecule has 0 bridgehead atoms. The second-order valence-electron chi connectivity index (χ2n) is 5.05. The van der Waals surface area contributed by atoms with Gasteiger partial charge in [-0.15, -0.1) is 0 Å². The first-order valence-corrected chi connectivity index (χ1v) is 10.2. The minimum absolute atomic E-state index is 0.196. The summed E-state index contributed by atoms with van der Waals surface area (Å²) in [4.78, 5) is 1.29. The van der Waals surface area contributed by atoms with Crippen molar-refractivity contribution in [1.29, 1.82) is 0 Å². The highest BCUT2D eigenvalue weighted by Crippen LogP contribution is 2.19. The van der Waals surface area contributed by atoms with E-state index in [9.17, 15) is 31.2 Å². The van der Waals surface area contributed by atoms with Gasteiger partial charge in [0.15, 0.2) is 11.5 Å². The molecule has 2 rings (SSSR count). The summed E-state index contributed by atoms with van der Waals surface area (Å²) in [5, 5.41) is 9.23. The Kier molecular flexibility index (Phi) is 8.41. The van der Waals surface area contributed by atoms with Gasteiger partial charge in [-0.05, 0) is 24.3 Å². The maximum Gasteiger partial charge on any atom is 0.413 e. The van der Waals surface area contributed by atoms with E-state index in [0.29, 0.717) is 5.75 Å². The van der Waals surface area contributed by atoms with E-state index in [4.69, 9.17) is 0 Å². The van der Waals surface area contributed by atoms with E-state index >= 15 is 0 Å². The van der Waals surface area contributed by atoms with E-state index in [1.807, 2.05) is 18.2 Å². The lowest BCUT2D eigenvalue weighted by Crippen LogP contribution is -2.20. The third-order valence-corrected chi connectivity index (χ3v) is 5.08. The standard InChI is InChI=1S/C14H14OS.C2H3F3O4S/c1-16(11-12-5-3-2-4-6-12)14-9-7-13(15)8-10-14;3-2(4,5)1-9-10(6,7)8/h2-10H,11H2,1H3;1H2,(H,6,7,8). The predicted molar refractivity (Wildman–Crippen MR) is 91.5 cm³/mol. The molecule has 0 saturated heterocycles. The molecule has 26 heavy (non-hydrogen) atoms. The summed E-state index contributed by atoms with van der Waals surface area (Å²) in [5.74, 6) is 1.39. The monoisotopic (exact) mass is 410 g/mol. The van der Waals surface area contributed by atoms with Gasteiger partial charge in [0.2, 0.25) is 10.4 Å². The van der Waals surface area contributed by atoms with Crippen molar-refractivity contribution in [2.75, 3.05) is 12.9 Å². The molecule has 2 aromatic carbocycles. The Bertz CT molecular complexity index is 763. The van der Waals surface area contributed by atoms with Crippen LogP contribution in [0.25, 0.3) is 0 Å². The van der Waals surface area contributed by atoms with Crippen molar-refractivity contribution in [3.8, 4) is 5.75 Å². The summed E-state index contributed by atoms with van der Waals surface area (Å²) in [5.41, 5.74) is 1.36. The predicted octanol–water partition coefficient (Wildman–Crippen LogP) is 3.22. The normalized spacial score (nSPS) is 12.8. The number of hydrogen-bond acceptors (Lipinski definition) is 5. The van der Waals surface area contributed by atoms with Gasteiger partial charge in [0.1, 0.15) is 17.8 Å². The van der Waals surface area contributed by atoms with Gasteiger partial charge >= 0.3 is 6.18 Å². The number of halogens is 3. The van der Waals surface area contributed by atoms with E-state index in [2.05, 4.69) is 34.7 Å². The van der Waals surface area contributed by atoms with Crippen LogP contribution in [0.4, 0.5) is 13.2 Å². The summed E-state index contributed by atoms with van der Waals surface area (Å²) in [6.45, 7) is -2.07. The SMILES string of the molecule is C[S+](Cc1ccccc1)c1ccc(O)cc1.O=S(=O)([O-])OCC(F)(F)F. The van der Waals surface area contributed by atoms with Crippen LogP contribution in [-0.4, -0.2) is 37.1 Å². The maximum absolute atomic E-state index is 11.1. The Balaban J connectivity index is 0.000000294. The molecule has 0 aliphatic carbocycles. The Hall–Kier alpha value is -1.75. The van der Waals surface area contributed by atoms with Crippen molar-refractivity contribution >= 4 is 21.3 Å². The number of phenols is 1. The summed E-state index contributed by atoms with van der Waals surface area (Å²) in [7, 11) is -5.03. The zero-order chi connectivity index (χ0) is 19.8. The third kappa shape index (κ3) is 10.3. The number of benzene rings is 2. The lowest BCUT2D eigenvalue weighted by molar-refractivity contribution is -0.154. The average Bonchev–Trinajstić information content (AvgIpc) is 2.54. The second kappa shape index (κ2) is 9.81. The Morgan fingerprint density at radius 2 is 1.62 bits per heavy atom. The number of aromatic hydroxyl groups is 1. The molecule has 0 heterocycles. The van der Waals surface area contributed by atoms with E-state index < -0.39 is 23.2 Å². The van der Waals surface area contributed by atoms with Gasteiger partial charge in [-0.25, -0.2) is 8.42 Å². The molecule has 5 nitrogen and oxygen atoms in total. The smallest absolute Gasteiger partial charge is 0.413 e. The van der Waals surface area contributed by atoms with Crippen molar-refractivity contribution < 1.29 is 35.4 Å². The minimum Gasteiger partial charge on any atom is -0.726 e. The molecule has 0 aromatic heterocycles. The summed E-state index contributed by atoms with van der Waals surface area (Å²) in [6, 6.07) is 18.0. The van der Waals surface area contributed by atoms with Crippen LogP contribution in [0.1, 0.15) is 5.56 Å². The van der Waals surface area contributed by atoms with Crippen LogP contribution in [0, 0.1) is 0 Å². The number of alkyl halides is 3. The molecule has 1 N–H and O–H groups in total. The number of phenolic OH excluding ortho intramolecular Hbond substituents is 1. The van der Waals surface area contributed by atoms with Crippen LogP contribution < -0.4 is 0 Å². The van der Waals surface area contributed by atoms with Crippen LogP contribution in [0.15, 0.2) is 59.5 Å². The number of hydrogen-bond donors (Lipinski definition) is 1. The van der Waals surface area contributed by atoms with Gasteiger partial charge in [0.05, 0.1) is 0 Å². The van der Waals surface area contributed by atoms with Crippen LogP contribution in [0.2, 0.25) is 0 Å². The van der Waals surface area contributed by atoms with E-state index in [1.165, 1.54) is 10.5 Å². The fourth-order valence-corrected chi connectivity index (χ4v) is 3.46. The van der Waals surface area contributed by atoms with Crippen molar-refractivity contribution in [1.82, 2.24) is 0 Å². The van der Waals surface area contributed by atoms with Crippen LogP contribution in [0.5, 0.6) is 5.75 Å². The molecule has 1 unspecified atom stereocenters. The van der Waals surface area contributed by atoms with Crippen molar-refractivity contribution in [3.05, 3.63) is 60.2 Å².